The fraction of sp³-hybridized carbons (Fsp3) is 0.625. The van der Waals surface area contributed by atoms with Crippen LogP contribution in [-0.4, -0.2) is 73.3 Å². The minimum atomic E-state index is -0.885. The van der Waals surface area contributed by atoms with E-state index in [2.05, 4.69) is 40.0 Å². The number of urea groups is 1. The van der Waals surface area contributed by atoms with Gasteiger partial charge in [-0.3, -0.25) is 0 Å². The van der Waals surface area contributed by atoms with Crippen molar-refractivity contribution < 1.29 is 24.1 Å². The molecule has 194 valence electrons. The fourth-order valence-electron chi connectivity index (χ4n) is 3.89. The summed E-state index contributed by atoms with van der Waals surface area (Å²) >= 11 is 1.55. The molecule has 1 unspecified atom stereocenters. The molecule has 1 fully saturated rings. The van der Waals surface area contributed by atoms with Gasteiger partial charge in [-0.1, -0.05) is 17.3 Å². The van der Waals surface area contributed by atoms with E-state index < -0.39 is 12.1 Å². The van der Waals surface area contributed by atoms with Crippen molar-refractivity contribution in [3.63, 3.8) is 0 Å². The van der Waals surface area contributed by atoms with E-state index in [-0.39, 0.29) is 30.9 Å². The van der Waals surface area contributed by atoms with Crippen LogP contribution in [0.25, 0.3) is 0 Å². The first-order valence-electron chi connectivity index (χ1n) is 12.0. The summed E-state index contributed by atoms with van der Waals surface area (Å²) in [7, 11) is 1.56. The average Bonchev–Trinajstić information content (AvgIpc) is 3.33. The van der Waals surface area contributed by atoms with Gasteiger partial charge in [-0.2, -0.15) is 4.91 Å². The molecule has 0 aromatic carbocycles. The third-order valence-corrected chi connectivity index (χ3v) is 7.26. The zero-order valence-corrected chi connectivity index (χ0v) is 21.3. The number of nitroso groups, excluding NO2 is 1. The lowest BCUT2D eigenvalue weighted by Crippen LogP contribution is -2.39. The van der Waals surface area contributed by atoms with Crippen LogP contribution in [0.15, 0.2) is 52.0 Å². The second-order valence-electron chi connectivity index (χ2n) is 8.88. The predicted molar refractivity (Wildman–Crippen MR) is 135 cm³/mol. The Bertz CT molecular complexity index is 859. The number of nitrogens with one attached hydrogen (secondary N) is 2. The molecule has 3 aliphatic rings. The monoisotopic (exact) mass is 508 g/mol. The van der Waals surface area contributed by atoms with Crippen LogP contribution in [0.2, 0.25) is 0 Å². The van der Waals surface area contributed by atoms with Crippen molar-refractivity contribution in [1.82, 2.24) is 14.9 Å². The van der Waals surface area contributed by atoms with Gasteiger partial charge in [0, 0.05) is 31.0 Å². The molecule has 3 rings (SSSR count). The Hall–Kier alpha value is -2.34. The molecule has 2 amide bonds. The Balaban J connectivity index is 1.45. The molecule has 2 aliphatic carbocycles. The number of fused-ring (bicyclic) bond motifs is 1. The summed E-state index contributed by atoms with van der Waals surface area (Å²) in [6.07, 6.45) is 10.9. The SMILES string of the molecule is CNC(=O)NCCOC1=CCC(C[C@H](N=O)[C@H](O)CN(SC2=CC[C@@H]3OCOC3=C2)C(C)C)C=C1. The topological polar surface area (TPSA) is 122 Å². The van der Waals surface area contributed by atoms with Crippen LogP contribution < -0.4 is 10.6 Å². The van der Waals surface area contributed by atoms with Crippen molar-refractivity contribution in [2.75, 3.05) is 33.5 Å². The number of allylic oxidation sites excluding steroid dienone is 4. The third-order valence-electron chi connectivity index (χ3n) is 5.96. The molecule has 11 heteroatoms. The summed E-state index contributed by atoms with van der Waals surface area (Å²) in [5.41, 5.74) is 0. The number of hydrogen-bond acceptors (Lipinski definition) is 9. The maximum atomic E-state index is 11.6. The van der Waals surface area contributed by atoms with Crippen LogP contribution in [0.3, 0.4) is 0 Å². The number of aliphatic hydroxyl groups is 1. The molecule has 10 nitrogen and oxygen atoms in total. The maximum absolute atomic E-state index is 11.6. The van der Waals surface area contributed by atoms with Gasteiger partial charge in [0.1, 0.15) is 30.3 Å². The molecule has 0 saturated carbocycles. The standard InChI is InChI=1S/C24H36N4O6S/c1-16(2)28(35-19-8-9-22-23(13-19)34-15-33-22)14-21(29)20(27-31)12-17-4-6-18(7-5-17)32-11-10-26-24(30)25-3/h4,6-8,13,16-17,20-22,29H,5,9-12,14-15H2,1-3H3,(H2,25,26,30)/t17?,20-,21+,22-/m0/s1. The van der Waals surface area contributed by atoms with Gasteiger partial charge < -0.3 is 30.0 Å². The number of amides is 2. The second kappa shape index (κ2) is 13.7. The lowest BCUT2D eigenvalue weighted by Gasteiger charge is -2.30. The Morgan fingerprint density at radius 2 is 2.20 bits per heavy atom. The summed E-state index contributed by atoms with van der Waals surface area (Å²) in [5.74, 6) is 1.66. The Kier molecular flexibility index (Phi) is 10.6. The highest BCUT2D eigenvalue weighted by atomic mass is 32.2. The van der Waals surface area contributed by atoms with Crippen LogP contribution in [0, 0.1) is 10.8 Å². The third kappa shape index (κ3) is 8.38. The number of rotatable bonds is 13. The van der Waals surface area contributed by atoms with Gasteiger partial charge in [0.15, 0.2) is 6.79 Å². The van der Waals surface area contributed by atoms with Gasteiger partial charge in [-0.05, 0) is 62.8 Å². The number of carbonyl (C=O) groups is 1. The Labute approximate surface area is 210 Å². The minimum Gasteiger partial charge on any atom is -0.492 e. The van der Waals surface area contributed by atoms with Gasteiger partial charge >= 0.3 is 6.03 Å². The Morgan fingerprint density at radius 1 is 1.37 bits per heavy atom. The predicted octanol–water partition coefficient (Wildman–Crippen LogP) is 3.18. The smallest absolute Gasteiger partial charge is 0.314 e. The van der Waals surface area contributed by atoms with E-state index in [1.54, 1.807) is 19.0 Å². The maximum Gasteiger partial charge on any atom is 0.314 e. The van der Waals surface area contributed by atoms with E-state index in [1.807, 2.05) is 24.3 Å². The molecule has 0 bridgehead atoms. The van der Waals surface area contributed by atoms with E-state index in [1.165, 1.54) is 0 Å². The molecule has 1 aliphatic heterocycles. The fourth-order valence-corrected chi connectivity index (χ4v) is 4.94. The first kappa shape index (κ1) is 27.3. The molecule has 3 N–H and O–H groups in total. The quantitative estimate of drug-likeness (QED) is 0.197. The van der Waals surface area contributed by atoms with Crippen molar-refractivity contribution in [2.24, 2.45) is 11.1 Å². The zero-order chi connectivity index (χ0) is 25.2. The van der Waals surface area contributed by atoms with Gasteiger partial charge in [0.05, 0.1) is 12.6 Å². The Morgan fingerprint density at radius 3 is 2.89 bits per heavy atom. The van der Waals surface area contributed by atoms with Crippen molar-refractivity contribution in [2.45, 2.75) is 57.4 Å². The summed E-state index contributed by atoms with van der Waals surface area (Å²) in [5, 5.41) is 19.3. The number of aliphatic hydroxyl groups excluding tert-OH is 1. The second-order valence-corrected chi connectivity index (χ2v) is 10.0. The molecular weight excluding hydrogens is 472 g/mol. The van der Waals surface area contributed by atoms with E-state index in [9.17, 15) is 14.8 Å². The van der Waals surface area contributed by atoms with Crippen molar-refractivity contribution >= 4 is 18.0 Å². The van der Waals surface area contributed by atoms with Crippen LogP contribution in [0.5, 0.6) is 0 Å². The normalized spacial score (nSPS) is 23.0. The van der Waals surface area contributed by atoms with Crippen LogP contribution in [-0.2, 0) is 14.2 Å². The van der Waals surface area contributed by atoms with Crippen molar-refractivity contribution in [1.29, 1.82) is 0 Å². The molecular formula is C24H36N4O6S. The number of nitrogens with zero attached hydrogens (tertiary/aromatic N) is 2. The van der Waals surface area contributed by atoms with Crippen LogP contribution in [0.4, 0.5) is 4.79 Å². The van der Waals surface area contributed by atoms with Gasteiger partial charge in [-0.15, -0.1) is 0 Å². The zero-order valence-electron chi connectivity index (χ0n) is 20.5. The highest BCUT2D eigenvalue weighted by Crippen LogP contribution is 2.34. The molecule has 1 saturated heterocycles. The number of carbonyl (C=O) groups excluding carboxylic acids is 1. The van der Waals surface area contributed by atoms with E-state index >= 15 is 0 Å². The lowest BCUT2D eigenvalue weighted by molar-refractivity contribution is 0.0509. The summed E-state index contributed by atoms with van der Waals surface area (Å²) in [6.45, 7) is 5.47. The lowest BCUT2D eigenvalue weighted by atomic mass is 9.91. The molecule has 35 heavy (non-hydrogen) atoms. The largest absolute Gasteiger partial charge is 0.492 e. The van der Waals surface area contributed by atoms with Crippen LogP contribution >= 0.6 is 11.9 Å². The molecule has 0 radical (unpaired) electrons. The molecule has 0 aromatic heterocycles. The summed E-state index contributed by atoms with van der Waals surface area (Å²) < 4.78 is 18.7. The van der Waals surface area contributed by atoms with Crippen LogP contribution in [0.1, 0.15) is 33.1 Å². The van der Waals surface area contributed by atoms with E-state index in [0.29, 0.717) is 32.5 Å². The highest BCUT2D eigenvalue weighted by Gasteiger charge is 2.30. The summed E-state index contributed by atoms with van der Waals surface area (Å²) in [4.78, 5) is 23.8. The highest BCUT2D eigenvalue weighted by molar-refractivity contribution is 8.01. The molecule has 0 spiro atoms. The number of hydrogen-bond donors (Lipinski definition) is 3. The van der Waals surface area contributed by atoms with Crippen molar-refractivity contribution in [3.8, 4) is 0 Å². The van der Waals surface area contributed by atoms with Gasteiger partial charge in [-0.25, -0.2) is 9.10 Å². The minimum absolute atomic E-state index is 0.00354. The van der Waals surface area contributed by atoms with Crippen molar-refractivity contribution in [3.05, 3.63) is 51.7 Å². The molecule has 1 heterocycles. The summed E-state index contributed by atoms with van der Waals surface area (Å²) in [6, 6.07) is -0.815. The van der Waals surface area contributed by atoms with Gasteiger partial charge in [0.2, 0.25) is 0 Å². The number of ether oxygens (including phenoxy) is 3. The first-order valence-corrected chi connectivity index (χ1v) is 12.7. The first-order chi connectivity index (χ1) is 16.9. The molecule has 0 aromatic rings. The van der Waals surface area contributed by atoms with E-state index in [4.69, 9.17) is 14.2 Å². The van der Waals surface area contributed by atoms with Gasteiger partial charge in [0.25, 0.3) is 0 Å². The average molecular weight is 509 g/mol. The van der Waals surface area contributed by atoms with E-state index in [0.717, 1.165) is 22.8 Å². The molecule has 4 atom stereocenters.